The molecule has 1 rings (SSSR count). The Labute approximate surface area is 124 Å². The number of rotatable bonds is 5. The molecule has 0 aliphatic rings. The summed E-state index contributed by atoms with van der Waals surface area (Å²) < 4.78 is 29.0. The highest BCUT2D eigenvalue weighted by atomic mass is 79.9. The van der Waals surface area contributed by atoms with Crippen LogP contribution >= 0.6 is 26.6 Å². The molecule has 1 amide bonds. The van der Waals surface area contributed by atoms with Crippen molar-refractivity contribution in [3.05, 3.63) is 22.2 Å². The Bertz CT molecular complexity index is 589. The Morgan fingerprint density at radius 3 is 2.63 bits per heavy atom. The van der Waals surface area contributed by atoms with Crippen LogP contribution in [0.2, 0.25) is 0 Å². The van der Waals surface area contributed by atoms with Crippen LogP contribution in [0.5, 0.6) is 5.75 Å². The van der Waals surface area contributed by atoms with Crippen molar-refractivity contribution in [3.63, 3.8) is 0 Å². The first-order valence-electron chi connectivity index (χ1n) is 5.34. The number of nitrogens with one attached hydrogen (secondary N) is 1. The maximum atomic E-state index is 11.5. The zero-order chi connectivity index (χ0) is 14.6. The van der Waals surface area contributed by atoms with Gasteiger partial charge in [-0.1, -0.05) is 15.9 Å². The topological polar surface area (TPSA) is 72.5 Å². The molecule has 0 bridgehead atoms. The lowest BCUT2D eigenvalue weighted by atomic mass is 10.2. The van der Waals surface area contributed by atoms with E-state index in [2.05, 4.69) is 21.2 Å². The number of hydrogen-bond acceptors (Lipinski definition) is 4. The van der Waals surface area contributed by atoms with Crippen LogP contribution in [0.15, 0.2) is 21.5 Å². The van der Waals surface area contributed by atoms with E-state index in [1.165, 1.54) is 13.1 Å². The van der Waals surface area contributed by atoms with Crippen molar-refractivity contribution < 1.29 is 17.9 Å². The van der Waals surface area contributed by atoms with Gasteiger partial charge in [-0.25, -0.2) is 8.42 Å². The van der Waals surface area contributed by atoms with Gasteiger partial charge in [0.1, 0.15) is 10.6 Å². The average Bonchev–Trinajstić information content (AvgIpc) is 2.29. The Kier molecular flexibility index (Phi) is 5.64. The van der Waals surface area contributed by atoms with Gasteiger partial charge in [0.2, 0.25) is 5.91 Å². The van der Waals surface area contributed by atoms with Crippen LogP contribution in [0.4, 0.5) is 0 Å². The molecule has 0 fully saturated rings. The molecule has 8 heteroatoms. The van der Waals surface area contributed by atoms with Gasteiger partial charge < -0.3 is 10.1 Å². The van der Waals surface area contributed by atoms with Gasteiger partial charge in [-0.15, -0.1) is 0 Å². The minimum atomic E-state index is -3.92. The fourth-order valence-corrected chi connectivity index (χ4v) is 3.21. The van der Waals surface area contributed by atoms with Crippen LogP contribution in [0.3, 0.4) is 0 Å². The molecule has 1 N–H and O–H groups in total. The van der Waals surface area contributed by atoms with E-state index >= 15 is 0 Å². The fourth-order valence-electron chi connectivity index (χ4n) is 1.44. The average molecular weight is 371 g/mol. The monoisotopic (exact) mass is 369 g/mol. The van der Waals surface area contributed by atoms with Crippen LogP contribution in [-0.2, 0) is 13.8 Å². The van der Waals surface area contributed by atoms with Gasteiger partial charge in [0, 0.05) is 22.2 Å². The fraction of sp³-hybridized carbons (Fsp3) is 0.364. The first-order valence-corrected chi connectivity index (χ1v) is 8.44. The van der Waals surface area contributed by atoms with Crippen molar-refractivity contribution in [1.29, 1.82) is 0 Å². The van der Waals surface area contributed by atoms with Gasteiger partial charge in [-0.2, -0.15) is 0 Å². The van der Waals surface area contributed by atoms with Gasteiger partial charge in [0.05, 0.1) is 13.0 Å². The molecule has 0 atom stereocenters. The molecular formula is C11H13BrClNO4S. The number of aryl methyl sites for hydroxylation is 1. The van der Waals surface area contributed by atoms with Gasteiger partial charge >= 0.3 is 0 Å². The van der Waals surface area contributed by atoms with Crippen LogP contribution in [0.1, 0.15) is 12.0 Å². The lowest BCUT2D eigenvalue weighted by Gasteiger charge is -2.12. The first-order chi connectivity index (χ1) is 8.75. The van der Waals surface area contributed by atoms with E-state index in [9.17, 15) is 13.2 Å². The molecule has 1 aromatic rings. The molecule has 19 heavy (non-hydrogen) atoms. The number of carbonyl (C=O) groups is 1. The molecular weight excluding hydrogens is 358 g/mol. The minimum Gasteiger partial charge on any atom is -0.491 e. The van der Waals surface area contributed by atoms with Crippen molar-refractivity contribution >= 4 is 41.6 Å². The standard InChI is InChI=1S/C11H13BrClNO4S/c1-7-5-8(12)6-9(19(13,16)17)11(7)18-4-3-10(15)14-2/h5-6H,3-4H2,1-2H3,(H,14,15). The highest BCUT2D eigenvalue weighted by molar-refractivity contribution is 9.10. The van der Waals surface area contributed by atoms with Gasteiger partial charge in [-0.05, 0) is 24.6 Å². The SMILES string of the molecule is CNC(=O)CCOc1c(C)cc(Br)cc1S(=O)(=O)Cl. The zero-order valence-corrected chi connectivity index (χ0v) is 13.5. The summed E-state index contributed by atoms with van der Waals surface area (Å²) in [7, 11) is 2.97. The van der Waals surface area contributed by atoms with Crippen LogP contribution in [-0.4, -0.2) is 28.0 Å². The summed E-state index contributed by atoms with van der Waals surface area (Å²) in [5.74, 6) is -0.0212. The summed E-state index contributed by atoms with van der Waals surface area (Å²) in [6.07, 6.45) is 0.133. The third-order valence-electron chi connectivity index (χ3n) is 2.32. The molecule has 106 valence electrons. The van der Waals surface area contributed by atoms with E-state index in [0.29, 0.717) is 10.0 Å². The number of halogens is 2. The van der Waals surface area contributed by atoms with E-state index in [1.54, 1.807) is 13.0 Å². The molecule has 0 aliphatic heterocycles. The molecule has 0 radical (unpaired) electrons. The minimum absolute atomic E-state index is 0.0710. The third kappa shape index (κ3) is 4.67. The number of ether oxygens (including phenoxy) is 1. The predicted octanol–water partition coefficient (Wildman–Crippen LogP) is 2.20. The van der Waals surface area contributed by atoms with E-state index < -0.39 is 9.05 Å². The molecule has 0 unspecified atom stereocenters. The lowest BCUT2D eigenvalue weighted by Crippen LogP contribution is -2.20. The summed E-state index contributed by atoms with van der Waals surface area (Å²) in [6, 6.07) is 3.07. The van der Waals surface area contributed by atoms with E-state index in [-0.39, 0.29) is 29.6 Å². The predicted molar refractivity (Wildman–Crippen MR) is 76.1 cm³/mol. The third-order valence-corrected chi connectivity index (χ3v) is 4.11. The molecule has 0 spiro atoms. The summed E-state index contributed by atoms with van der Waals surface area (Å²) in [4.78, 5) is 11.0. The maximum absolute atomic E-state index is 11.5. The second-order valence-corrected chi connectivity index (χ2v) is 7.21. The Hall–Kier alpha value is -0.790. The van der Waals surface area contributed by atoms with Crippen LogP contribution in [0, 0.1) is 6.92 Å². The van der Waals surface area contributed by atoms with Crippen molar-refractivity contribution in [2.75, 3.05) is 13.7 Å². The number of amides is 1. The molecule has 0 aromatic heterocycles. The van der Waals surface area contributed by atoms with E-state index in [0.717, 1.165) is 0 Å². The van der Waals surface area contributed by atoms with Crippen molar-refractivity contribution in [1.82, 2.24) is 5.32 Å². The van der Waals surface area contributed by atoms with Crippen LogP contribution < -0.4 is 10.1 Å². The van der Waals surface area contributed by atoms with Gasteiger partial charge in [-0.3, -0.25) is 4.79 Å². The Morgan fingerprint density at radius 2 is 2.11 bits per heavy atom. The quantitative estimate of drug-likeness (QED) is 0.807. The maximum Gasteiger partial charge on any atom is 0.265 e. The Morgan fingerprint density at radius 1 is 1.47 bits per heavy atom. The largest absolute Gasteiger partial charge is 0.491 e. The molecule has 0 saturated heterocycles. The first kappa shape index (κ1) is 16.3. The molecule has 0 saturated carbocycles. The normalized spacial score (nSPS) is 11.2. The van der Waals surface area contributed by atoms with Crippen LogP contribution in [0.25, 0.3) is 0 Å². The highest BCUT2D eigenvalue weighted by Gasteiger charge is 2.20. The zero-order valence-electron chi connectivity index (χ0n) is 10.4. The summed E-state index contributed by atoms with van der Waals surface area (Å²) >= 11 is 3.20. The summed E-state index contributed by atoms with van der Waals surface area (Å²) in [6.45, 7) is 1.77. The van der Waals surface area contributed by atoms with Gasteiger partial charge in [0.25, 0.3) is 9.05 Å². The van der Waals surface area contributed by atoms with Crippen molar-refractivity contribution in [2.24, 2.45) is 0 Å². The molecule has 5 nitrogen and oxygen atoms in total. The number of benzene rings is 1. The molecule has 0 heterocycles. The van der Waals surface area contributed by atoms with Crippen molar-refractivity contribution in [3.8, 4) is 5.75 Å². The highest BCUT2D eigenvalue weighted by Crippen LogP contribution is 2.33. The second kappa shape index (κ2) is 6.58. The van der Waals surface area contributed by atoms with Crippen molar-refractivity contribution in [2.45, 2.75) is 18.2 Å². The summed E-state index contributed by atoms with van der Waals surface area (Å²) in [5.41, 5.74) is 0.616. The van der Waals surface area contributed by atoms with E-state index in [4.69, 9.17) is 15.4 Å². The van der Waals surface area contributed by atoms with E-state index in [1.807, 2.05) is 0 Å². The summed E-state index contributed by atoms with van der Waals surface area (Å²) in [5, 5.41) is 2.45. The molecule has 0 aliphatic carbocycles. The Balaban J connectivity index is 3.03. The second-order valence-electron chi connectivity index (χ2n) is 3.76. The number of hydrogen-bond donors (Lipinski definition) is 1. The molecule has 1 aromatic carbocycles. The lowest BCUT2D eigenvalue weighted by molar-refractivity contribution is -0.121. The number of carbonyl (C=O) groups excluding carboxylic acids is 1. The smallest absolute Gasteiger partial charge is 0.265 e. The van der Waals surface area contributed by atoms with Gasteiger partial charge in [0.15, 0.2) is 0 Å².